The number of hydrogen-bond donors (Lipinski definition) is 6. The molecule has 1 saturated heterocycles. The lowest BCUT2D eigenvalue weighted by molar-refractivity contribution is -0.155. The molecule has 14 nitrogen and oxygen atoms in total. The van der Waals surface area contributed by atoms with Gasteiger partial charge in [0.2, 0.25) is 11.7 Å². The van der Waals surface area contributed by atoms with Crippen molar-refractivity contribution in [1.29, 1.82) is 0 Å². The number of β-lactam (4-membered cyclic amide) rings is 1. The first-order valence-corrected chi connectivity index (χ1v) is 9.83. The number of carboxylic acids is 1. The fraction of sp³-hybridized carbons (Fsp3) is 0.214. The number of hydrogen-bond acceptors (Lipinski definition) is 13. The predicted molar refractivity (Wildman–Crippen MR) is 109 cm³/mol. The Balaban J connectivity index is 1.91. The van der Waals surface area contributed by atoms with E-state index in [0.29, 0.717) is 0 Å². The SMILES string of the molecule is NN=CN/N=C\C1=C(C(=O)O)N2C(=O)C(C(=O)C(=NO)c3csc(N)n3)[C@H]2SC1N. The standard InChI is InChI=1S/C14H15N9O5S2/c15-10-4(1-19-20-3-18-17)8(13(26)27)23-11(25)6(12(23)30-10)9(24)7(22-28)5-2-29-14(16)21-5/h1-3,6,10,12,28H,15,17H2,(H2,16,21)(H,18,20)(H,26,27)/b19-1-,22-7?/t6?,10?,12-/m1/s1. The van der Waals surface area contributed by atoms with Crippen molar-refractivity contribution < 1.29 is 24.7 Å². The van der Waals surface area contributed by atoms with E-state index in [4.69, 9.17) is 17.3 Å². The van der Waals surface area contributed by atoms with E-state index in [2.05, 4.69) is 25.8 Å². The molecule has 158 valence electrons. The van der Waals surface area contributed by atoms with Gasteiger partial charge < -0.3 is 27.6 Å². The number of carbonyl (C=O) groups excluding carboxylic acids is 2. The zero-order chi connectivity index (χ0) is 22.0. The van der Waals surface area contributed by atoms with E-state index < -0.39 is 45.7 Å². The van der Waals surface area contributed by atoms with Crippen molar-refractivity contribution in [2.75, 3.05) is 5.73 Å². The Morgan fingerprint density at radius 3 is 2.70 bits per heavy atom. The maximum absolute atomic E-state index is 12.8. The van der Waals surface area contributed by atoms with Crippen LogP contribution in [0.5, 0.6) is 0 Å². The van der Waals surface area contributed by atoms with Crippen LogP contribution in [0.4, 0.5) is 5.13 Å². The van der Waals surface area contributed by atoms with E-state index in [9.17, 15) is 24.7 Å². The van der Waals surface area contributed by atoms with Crippen molar-refractivity contribution in [3.05, 3.63) is 22.3 Å². The van der Waals surface area contributed by atoms with Crippen LogP contribution in [-0.2, 0) is 14.4 Å². The number of thiazole rings is 1. The number of nitrogens with one attached hydrogen (secondary N) is 1. The van der Waals surface area contributed by atoms with Gasteiger partial charge in [-0.15, -0.1) is 23.1 Å². The number of nitrogen functional groups attached to an aromatic ring is 1. The Bertz CT molecular complexity index is 1020. The van der Waals surface area contributed by atoms with Gasteiger partial charge in [-0.2, -0.15) is 10.2 Å². The molecule has 30 heavy (non-hydrogen) atoms. The van der Waals surface area contributed by atoms with Crippen LogP contribution in [-0.4, -0.2) is 66.9 Å². The van der Waals surface area contributed by atoms with Crippen LogP contribution in [0.2, 0.25) is 0 Å². The minimum Gasteiger partial charge on any atom is -0.477 e. The largest absolute Gasteiger partial charge is 0.477 e. The minimum absolute atomic E-state index is 0.0100. The van der Waals surface area contributed by atoms with Gasteiger partial charge in [-0.1, -0.05) is 5.16 Å². The number of thioether (sulfide) groups is 1. The van der Waals surface area contributed by atoms with Crippen LogP contribution < -0.4 is 22.7 Å². The molecule has 1 aromatic heterocycles. The van der Waals surface area contributed by atoms with Gasteiger partial charge in [-0.05, 0) is 0 Å². The first-order chi connectivity index (χ1) is 14.3. The lowest BCUT2D eigenvalue weighted by atomic mass is 9.88. The molecular weight excluding hydrogens is 438 g/mol. The number of aromatic nitrogens is 1. The van der Waals surface area contributed by atoms with E-state index in [1.54, 1.807) is 0 Å². The fourth-order valence-electron chi connectivity index (χ4n) is 2.89. The second-order valence-corrected chi connectivity index (χ2v) is 7.94. The number of oxime groups is 1. The molecule has 1 aromatic rings. The summed E-state index contributed by atoms with van der Waals surface area (Å²) in [5.74, 6) is 0.585. The quantitative estimate of drug-likeness (QED) is 0.0507. The van der Waals surface area contributed by atoms with Crippen LogP contribution in [0.3, 0.4) is 0 Å². The number of nitrogens with two attached hydrogens (primary N) is 3. The highest BCUT2D eigenvalue weighted by Crippen LogP contribution is 2.46. The van der Waals surface area contributed by atoms with Crippen LogP contribution in [0.25, 0.3) is 0 Å². The van der Waals surface area contributed by atoms with Gasteiger partial charge >= 0.3 is 5.97 Å². The van der Waals surface area contributed by atoms with Crippen molar-refractivity contribution in [3.8, 4) is 0 Å². The second kappa shape index (κ2) is 8.47. The molecule has 2 unspecified atom stereocenters. The topological polar surface area (TPSA) is 235 Å². The maximum Gasteiger partial charge on any atom is 0.353 e. The number of aliphatic carboxylic acids is 1. The fourth-order valence-corrected chi connectivity index (χ4v) is 4.78. The Hall–Kier alpha value is -3.50. The van der Waals surface area contributed by atoms with Crippen molar-refractivity contribution in [2.24, 2.45) is 32.9 Å². The Kier molecular flexibility index (Phi) is 5.99. The summed E-state index contributed by atoms with van der Waals surface area (Å²) >= 11 is 2.00. The number of rotatable bonds is 7. The average Bonchev–Trinajstić information content (AvgIpc) is 3.12. The highest BCUT2D eigenvalue weighted by Gasteiger charge is 2.59. The predicted octanol–water partition coefficient (Wildman–Crippen LogP) is -1.90. The zero-order valence-corrected chi connectivity index (χ0v) is 16.5. The van der Waals surface area contributed by atoms with Crippen molar-refractivity contribution in [3.63, 3.8) is 0 Å². The smallest absolute Gasteiger partial charge is 0.353 e. The third-order valence-electron chi connectivity index (χ3n) is 4.14. The summed E-state index contributed by atoms with van der Waals surface area (Å²) in [5.41, 5.74) is 13.1. The van der Waals surface area contributed by atoms with E-state index in [-0.39, 0.29) is 16.4 Å². The number of carbonyl (C=O) groups is 3. The molecule has 3 heterocycles. The molecule has 16 heteroatoms. The molecule has 2 aliphatic heterocycles. The van der Waals surface area contributed by atoms with Gasteiger partial charge in [0, 0.05) is 11.0 Å². The number of carboxylic acid groups (broad SMARTS) is 1. The van der Waals surface area contributed by atoms with E-state index in [0.717, 1.165) is 40.6 Å². The van der Waals surface area contributed by atoms with Crippen LogP contribution >= 0.6 is 23.1 Å². The molecule has 1 fully saturated rings. The Morgan fingerprint density at radius 2 is 2.13 bits per heavy atom. The maximum atomic E-state index is 12.8. The van der Waals surface area contributed by atoms with Gasteiger partial charge in [0.05, 0.1) is 11.6 Å². The number of ketones is 1. The number of hydrazone groups is 2. The Morgan fingerprint density at radius 1 is 1.40 bits per heavy atom. The normalized spacial score (nSPS) is 24.3. The lowest BCUT2D eigenvalue weighted by Gasteiger charge is -2.49. The summed E-state index contributed by atoms with van der Waals surface area (Å²) in [6.07, 6.45) is 2.17. The zero-order valence-electron chi connectivity index (χ0n) is 14.9. The summed E-state index contributed by atoms with van der Waals surface area (Å²) in [6.45, 7) is 0. The van der Waals surface area contributed by atoms with Gasteiger partial charge in [-0.3, -0.25) is 19.9 Å². The van der Waals surface area contributed by atoms with E-state index >= 15 is 0 Å². The summed E-state index contributed by atoms with van der Waals surface area (Å²) in [4.78, 5) is 42.2. The van der Waals surface area contributed by atoms with Gasteiger partial charge in [0.25, 0.3) is 0 Å². The highest BCUT2D eigenvalue weighted by atomic mass is 32.2. The third kappa shape index (κ3) is 3.58. The van der Waals surface area contributed by atoms with Crippen LogP contribution in [0, 0.1) is 5.92 Å². The number of fused-ring (bicyclic) bond motifs is 1. The first kappa shape index (κ1) is 21.2. The lowest BCUT2D eigenvalue weighted by Crippen LogP contribution is -2.66. The highest BCUT2D eigenvalue weighted by molar-refractivity contribution is 8.00. The monoisotopic (exact) mass is 453 g/mol. The number of nitrogens with zero attached hydrogens (tertiary/aromatic N) is 5. The molecule has 0 spiro atoms. The molecule has 3 atom stereocenters. The Labute approximate surface area is 176 Å². The molecule has 0 radical (unpaired) electrons. The molecule has 0 bridgehead atoms. The van der Waals surface area contributed by atoms with Crippen molar-refractivity contribution in [1.82, 2.24) is 15.3 Å². The summed E-state index contributed by atoms with van der Waals surface area (Å²) in [6, 6.07) is 0. The molecule has 9 N–H and O–H groups in total. The number of amides is 1. The molecule has 0 aliphatic carbocycles. The summed E-state index contributed by atoms with van der Waals surface area (Å²) < 4.78 is 0. The number of anilines is 1. The molecule has 1 amide bonds. The van der Waals surface area contributed by atoms with Gasteiger partial charge in [-0.25, -0.2) is 9.78 Å². The third-order valence-corrected chi connectivity index (χ3v) is 6.13. The van der Waals surface area contributed by atoms with Crippen LogP contribution in [0.15, 0.2) is 32.0 Å². The van der Waals surface area contributed by atoms with Crippen molar-refractivity contribution >= 4 is 64.2 Å². The first-order valence-electron chi connectivity index (χ1n) is 8.01. The van der Waals surface area contributed by atoms with Gasteiger partial charge in [0.15, 0.2) is 10.8 Å². The van der Waals surface area contributed by atoms with Crippen LogP contribution in [0.1, 0.15) is 5.69 Å². The van der Waals surface area contributed by atoms with E-state index in [1.165, 1.54) is 5.38 Å². The molecular formula is C14H15N9O5S2. The van der Waals surface area contributed by atoms with Crippen molar-refractivity contribution in [2.45, 2.75) is 10.7 Å². The average molecular weight is 453 g/mol. The molecule has 2 aliphatic rings. The number of Topliss-reactive ketones (excluding diaryl/α,β-unsaturated/α-hetero) is 1. The summed E-state index contributed by atoms with van der Waals surface area (Å²) in [7, 11) is 0. The summed E-state index contributed by atoms with van der Waals surface area (Å²) in [5, 5.41) is 28.4. The molecule has 3 rings (SSSR count). The van der Waals surface area contributed by atoms with E-state index in [1.807, 2.05) is 0 Å². The second-order valence-electron chi connectivity index (χ2n) is 5.79. The molecule has 0 saturated carbocycles. The van der Waals surface area contributed by atoms with Gasteiger partial charge in [0.1, 0.15) is 29.0 Å². The minimum atomic E-state index is -1.42. The molecule has 0 aromatic carbocycles.